The van der Waals surface area contributed by atoms with Crippen LogP contribution >= 0.6 is 22.9 Å². The van der Waals surface area contributed by atoms with Crippen LogP contribution in [-0.4, -0.2) is 166 Å². The van der Waals surface area contributed by atoms with Crippen LogP contribution in [0.15, 0.2) is 84.9 Å². The number of piperazine rings is 1. The van der Waals surface area contributed by atoms with Gasteiger partial charge in [0, 0.05) is 69.7 Å². The standard InChI is InChI=1S/C60H71ClFN9O9S/c1-8-50(75)69-21-23-70(24-22-69)56-46-30-47(61)51(45-28-41(72)27-40-11-9-10-12-44(40)45)52(62)53(46)66-59(67-56)80-35(2)31-68-19-17-43(18-20-68)79-26-25-78-33-49(74)65-55(60(5,6)7)58(77)71-32-42(73)29-48(71)57(76)64-36(3)38-13-15-39(16-14-38)54-37(4)63-34-81-54/h8-16,27-28,30,34-36,42-43,48,55,72-73H,1,17-26,29,31-33H2,2-7H3,(H,64,76)(H,65,74)/t35?,36?,42-,48+,55?/m1/s1. The van der Waals surface area contributed by atoms with E-state index in [1.54, 1.807) is 28.4 Å². The molecule has 21 heteroatoms. The molecule has 0 aliphatic carbocycles. The maximum absolute atomic E-state index is 17.2. The Morgan fingerprint density at radius 1 is 0.951 bits per heavy atom. The molecule has 0 saturated carbocycles. The first-order chi connectivity index (χ1) is 38.8. The maximum atomic E-state index is 17.2. The van der Waals surface area contributed by atoms with Crippen molar-refractivity contribution < 1.29 is 48.0 Å². The number of aryl methyl sites for hydroxylation is 1. The number of amides is 4. The van der Waals surface area contributed by atoms with Gasteiger partial charge >= 0.3 is 6.01 Å². The highest BCUT2D eigenvalue weighted by atomic mass is 35.5. The van der Waals surface area contributed by atoms with Crippen molar-refractivity contribution in [3.05, 3.63) is 107 Å². The number of halogens is 2. The number of carbonyl (C=O) groups is 4. The van der Waals surface area contributed by atoms with Gasteiger partial charge < -0.3 is 49.8 Å². The fourth-order valence-corrected chi connectivity index (χ4v) is 12.1. The smallest absolute Gasteiger partial charge is 0.319 e. The second-order valence-corrected chi connectivity index (χ2v) is 23.5. The van der Waals surface area contributed by atoms with Gasteiger partial charge in [-0.2, -0.15) is 9.97 Å². The van der Waals surface area contributed by atoms with E-state index in [1.807, 2.05) is 100 Å². The average molecular weight is 1150 g/mol. The Morgan fingerprint density at radius 2 is 1.68 bits per heavy atom. The number of aromatic nitrogens is 3. The lowest BCUT2D eigenvalue weighted by atomic mass is 9.85. The number of nitrogens with zero attached hydrogens (tertiary/aromatic N) is 7. The van der Waals surface area contributed by atoms with E-state index in [2.05, 4.69) is 32.1 Å². The molecule has 81 heavy (non-hydrogen) atoms. The minimum Gasteiger partial charge on any atom is -0.508 e. The van der Waals surface area contributed by atoms with Crippen LogP contribution in [-0.2, 0) is 28.7 Å². The zero-order valence-corrected chi connectivity index (χ0v) is 48.2. The van der Waals surface area contributed by atoms with Crippen molar-refractivity contribution in [1.29, 1.82) is 0 Å². The van der Waals surface area contributed by atoms with E-state index in [0.717, 1.165) is 34.5 Å². The first-order valence-corrected chi connectivity index (χ1v) is 28.8. The molecule has 3 unspecified atom stereocenters. The number of piperidine rings is 1. The number of phenolic OH excluding ortho intramolecular Hbond substituents is 1. The molecule has 6 aromatic rings. The molecule has 3 aliphatic heterocycles. The number of hydrogen-bond acceptors (Lipinski definition) is 15. The largest absolute Gasteiger partial charge is 0.508 e. The number of aliphatic hydroxyl groups is 1. The summed E-state index contributed by atoms with van der Waals surface area (Å²) in [6, 6.07) is 17.7. The summed E-state index contributed by atoms with van der Waals surface area (Å²) in [5.41, 5.74) is 4.46. The molecular formula is C60H71ClFN9O9S. The molecule has 4 amide bonds. The third-order valence-electron chi connectivity index (χ3n) is 15.3. The number of aromatic hydroxyl groups is 1. The van der Waals surface area contributed by atoms with Gasteiger partial charge in [0.2, 0.25) is 23.6 Å². The summed E-state index contributed by atoms with van der Waals surface area (Å²) in [5.74, 6) is -1.81. The molecule has 3 fully saturated rings. The normalized spacial score (nSPS) is 18.5. The summed E-state index contributed by atoms with van der Waals surface area (Å²) in [5, 5.41) is 29.2. The second-order valence-electron chi connectivity index (χ2n) is 22.2. The lowest BCUT2D eigenvalue weighted by molar-refractivity contribution is -0.144. The Balaban J connectivity index is 0.753. The van der Waals surface area contributed by atoms with Crippen LogP contribution in [0.2, 0.25) is 5.02 Å². The van der Waals surface area contributed by atoms with Gasteiger partial charge in [0.05, 0.1) is 52.6 Å². The lowest BCUT2D eigenvalue weighted by Crippen LogP contribution is -2.58. The van der Waals surface area contributed by atoms with Gasteiger partial charge in [0.1, 0.15) is 41.9 Å². The van der Waals surface area contributed by atoms with Crippen LogP contribution in [0, 0.1) is 18.2 Å². The van der Waals surface area contributed by atoms with E-state index < -0.39 is 47.3 Å². The fourth-order valence-electron chi connectivity index (χ4n) is 11.0. The quantitative estimate of drug-likeness (QED) is 0.0450. The molecular weight excluding hydrogens is 1080 g/mol. The summed E-state index contributed by atoms with van der Waals surface area (Å²) >= 11 is 8.50. The van der Waals surface area contributed by atoms with Crippen molar-refractivity contribution >= 4 is 74.1 Å². The second kappa shape index (κ2) is 25.5. The average Bonchev–Trinajstić information content (AvgIpc) is 4.12. The topological polar surface area (TPSA) is 212 Å². The van der Waals surface area contributed by atoms with Crippen LogP contribution in [0.25, 0.3) is 43.2 Å². The molecule has 2 aromatic heterocycles. The molecule has 0 bridgehead atoms. The van der Waals surface area contributed by atoms with Crippen molar-refractivity contribution in [2.24, 2.45) is 5.41 Å². The van der Waals surface area contributed by atoms with E-state index in [0.29, 0.717) is 73.4 Å². The predicted molar refractivity (Wildman–Crippen MR) is 311 cm³/mol. The van der Waals surface area contributed by atoms with Crippen LogP contribution in [0.3, 0.4) is 0 Å². The number of hydrogen-bond donors (Lipinski definition) is 4. The summed E-state index contributed by atoms with van der Waals surface area (Å²) < 4.78 is 35.4. The summed E-state index contributed by atoms with van der Waals surface area (Å²) in [4.78, 5) is 75.9. The monoisotopic (exact) mass is 1150 g/mol. The Morgan fingerprint density at radius 3 is 2.37 bits per heavy atom. The van der Waals surface area contributed by atoms with E-state index >= 15 is 4.39 Å². The summed E-state index contributed by atoms with van der Waals surface area (Å²) in [6.45, 7) is 18.5. The Labute approximate surface area is 480 Å². The van der Waals surface area contributed by atoms with E-state index in [1.165, 1.54) is 17.0 Å². The highest BCUT2D eigenvalue weighted by Crippen LogP contribution is 2.43. The van der Waals surface area contributed by atoms with Crippen molar-refractivity contribution in [3.63, 3.8) is 0 Å². The number of carbonyl (C=O) groups excluding carboxylic acids is 4. The first-order valence-electron chi connectivity index (χ1n) is 27.5. The van der Waals surface area contributed by atoms with Crippen LogP contribution in [0.4, 0.5) is 10.2 Å². The van der Waals surface area contributed by atoms with Crippen molar-refractivity contribution in [2.45, 2.75) is 97.2 Å². The van der Waals surface area contributed by atoms with Gasteiger partial charge in [0.25, 0.3) is 0 Å². The molecule has 430 valence electrons. The fraction of sp³-hybridized carbons (Fsp3) is 0.450. The van der Waals surface area contributed by atoms with Crippen LogP contribution < -0.4 is 20.3 Å². The van der Waals surface area contributed by atoms with Gasteiger partial charge in [-0.05, 0) is 90.8 Å². The molecule has 9 rings (SSSR count). The number of phenols is 1. The molecule has 5 heterocycles. The number of thiazole rings is 1. The maximum Gasteiger partial charge on any atom is 0.319 e. The molecule has 18 nitrogen and oxygen atoms in total. The van der Waals surface area contributed by atoms with Crippen LogP contribution in [0.1, 0.15) is 71.2 Å². The Bertz CT molecular complexity index is 3270. The SMILES string of the molecule is C=CC(=O)N1CCN(c2nc(OC(C)CN3CCC(OCCOCC(=O)NC(C(=O)N4C[C@H](O)C[C@H]4C(=O)NC(C)c4ccc(-c5scnc5C)cc4)C(C)(C)C)CC3)nc3c(F)c(-c4cc(O)cc5ccccc45)c(Cl)cc23)CC1. The number of likely N-dealkylation sites (tertiary alicyclic amines) is 2. The van der Waals surface area contributed by atoms with Crippen molar-refractivity contribution in [3.8, 4) is 33.3 Å². The number of benzene rings is 4. The van der Waals surface area contributed by atoms with E-state index in [9.17, 15) is 29.4 Å². The molecule has 3 saturated heterocycles. The lowest BCUT2D eigenvalue weighted by Gasteiger charge is -2.35. The van der Waals surface area contributed by atoms with E-state index in [4.69, 9.17) is 30.8 Å². The molecule has 0 radical (unpaired) electrons. The minimum atomic E-state index is -1.00. The Hall–Kier alpha value is -6.81. The molecule has 3 aliphatic rings. The number of ether oxygens (including phenoxy) is 3. The first kappa shape index (κ1) is 58.8. The Kier molecular flexibility index (Phi) is 18.6. The summed E-state index contributed by atoms with van der Waals surface area (Å²) in [6.07, 6.45) is 1.49. The highest BCUT2D eigenvalue weighted by Gasteiger charge is 2.45. The molecule has 5 atom stereocenters. The van der Waals surface area contributed by atoms with E-state index in [-0.39, 0.29) is 84.6 Å². The predicted octanol–water partition coefficient (Wildman–Crippen LogP) is 7.85. The number of nitrogens with one attached hydrogen (secondary N) is 2. The van der Waals surface area contributed by atoms with Gasteiger partial charge in [-0.3, -0.25) is 24.1 Å². The summed E-state index contributed by atoms with van der Waals surface area (Å²) in [7, 11) is 0. The minimum absolute atomic E-state index is 0.00723. The molecule has 4 aromatic carbocycles. The van der Waals surface area contributed by atoms with Gasteiger partial charge in [-0.1, -0.05) is 87.5 Å². The van der Waals surface area contributed by atoms with Crippen molar-refractivity contribution in [1.82, 2.24) is 40.3 Å². The number of aliphatic hydroxyl groups excluding tert-OH is 1. The molecule has 0 spiro atoms. The number of rotatable bonds is 19. The number of anilines is 1. The zero-order chi connectivity index (χ0) is 57.7. The third kappa shape index (κ3) is 13.8. The van der Waals surface area contributed by atoms with Gasteiger partial charge in [-0.25, -0.2) is 9.37 Å². The van der Waals surface area contributed by atoms with Gasteiger partial charge in [0.15, 0.2) is 5.82 Å². The van der Waals surface area contributed by atoms with Gasteiger partial charge in [-0.15, -0.1) is 11.3 Å². The third-order valence-corrected chi connectivity index (χ3v) is 16.5. The highest BCUT2D eigenvalue weighted by molar-refractivity contribution is 7.13. The van der Waals surface area contributed by atoms with Crippen LogP contribution in [0.5, 0.6) is 11.8 Å². The van der Waals surface area contributed by atoms with Crippen molar-refractivity contribution in [2.75, 3.05) is 77.1 Å². The number of fused-ring (bicyclic) bond motifs is 2. The molecule has 4 N–H and O–H groups in total. The number of β-amino-alcohol motifs (C(OH)–C–C–N with tert-alkyl or cyclic N) is 1. The zero-order valence-electron chi connectivity index (χ0n) is 46.6.